The van der Waals surface area contributed by atoms with Crippen molar-refractivity contribution in [2.75, 3.05) is 7.05 Å². The van der Waals surface area contributed by atoms with Crippen LogP contribution in [0.15, 0.2) is 0 Å². The van der Waals surface area contributed by atoms with Crippen molar-refractivity contribution in [3.8, 4) is 0 Å². The number of rotatable bonds is 1. The summed E-state index contributed by atoms with van der Waals surface area (Å²) in [5.74, 6) is 0. The second-order valence-electron chi connectivity index (χ2n) is 4.17. The summed E-state index contributed by atoms with van der Waals surface area (Å²) in [6, 6.07) is 0.713. The van der Waals surface area contributed by atoms with Crippen molar-refractivity contribution < 1.29 is 0 Å². The average molecular weight is 127 g/mol. The lowest BCUT2D eigenvalue weighted by molar-refractivity contribution is 0.457. The molecule has 1 N–H and O–H groups in total. The van der Waals surface area contributed by atoms with Crippen molar-refractivity contribution in [2.24, 2.45) is 10.8 Å². The summed E-state index contributed by atoms with van der Waals surface area (Å²) in [5, 5.41) is 3.32. The van der Waals surface area contributed by atoms with Crippen LogP contribution in [0.1, 0.15) is 27.7 Å². The first-order valence-corrected chi connectivity index (χ1v) is 3.62. The molecule has 54 valence electrons. The van der Waals surface area contributed by atoms with Gasteiger partial charge in [-0.3, -0.25) is 0 Å². The molecule has 0 aromatic carbocycles. The maximum atomic E-state index is 3.32. The fourth-order valence-corrected chi connectivity index (χ4v) is 1.92. The first kappa shape index (κ1) is 7.07. The molecule has 0 unspecified atom stereocenters. The molecule has 1 aliphatic rings. The molecule has 0 spiro atoms. The predicted octanol–water partition coefficient (Wildman–Crippen LogP) is 1.64. The quantitative estimate of drug-likeness (QED) is 0.564. The van der Waals surface area contributed by atoms with Gasteiger partial charge in [-0.1, -0.05) is 27.7 Å². The number of hydrogen-bond donors (Lipinski definition) is 1. The molecule has 0 aliphatic heterocycles. The van der Waals surface area contributed by atoms with E-state index >= 15 is 0 Å². The lowest BCUT2D eigenvalue weighted by Crippen LogP contribution is -2.15. The number of nitrogens with one attached hydrogen (secondary N) is 1. The van der Waals surface area contributed by atoms with E-state index in [1.54, 1.807) is 0 Å². The highest BCUT2D eigenvalue weighted by molar-refractivity contribution is 5.17. The van der Waals surface area contributed by atoms with Crippen molar-refractivity contribution in [3.63, 3.8) is 0 Å². The van der Waals surface area contributed by atoms with Gasteiger partial charge in [-0.25, -0.2) is 0 Å². The molecule has 1 heteroatoms. The van der Waals surface area contributed by atoms with Gasteiger partial charge in [-0.05, 0) is 17.9 Å². The third-order valence-electron chi connectivity index (χ3n) is 3.31. The minimum Gasteiger partial charge on any atom is -0.316 e. The summed E-state index contributed by atoms with van der Waals surface area (Å²) >= 11 is 0. The average Bonchev–Trinajstić information content (AvgIpc) is 2.00. The molecule has 0 radical (unpaired) electrons. The van der Waals surface area contributed by atoms with Crippen LogP contribution in [0.3, 0.4) is 0 Å². The fourth-order valence-electron chi connectivity index (χ4n) is 1.92. The molecule has 1 fully saturated rings. The fraction of sp³-hybridized carbons (Fsp3) is 1.00. The summed E-state index contributed by atoms with van der Waals surface area (Å²) < 4.78 is 0. The third kappa shape index (κ3) is 0.644. The van der Waals surface area contributed by atoms with E-state index in [4.69, 9.17) is 0 Å². The summed E-state index contributed by atoms with van der Waals surface area (Å²) in [6.45, 7) is 9.25. The SMILES string of the molecule is CNC1C(C)(C)C1(C)C. The van der Waals surface area contributed by atoms with Gasteiger partial charge >= 0.3 is 0 Å². The summed E-state index contributed by atoms with van der Waals surface area (Å²) in [4.78, 5) is 0. The van der Waals surface area contributed by atoms with Gasteiger partial charge < -0.3 is 5.32 Å². The topological polar surface area (TPSA) is 12.0 Å². The summed E-state index contributed by atoms with van der Waals surface area (Å²) in [5.41, 5.74) is 1.00. The van der Waals surface area contributed by atoms with Crippen molar-refractivity contribution in [2.45, 2.75) is 33.7 Å². The molecular weight excluding hydrogens is 110 g/mol. The predicted molar refractivity (Wildman–Crippen MR) is 40.4 cm³/mol. The summed E-state index contributed by atoms with van der Waals surface area (Å²) in [7, 11) is 2.04. The van der Waals surface area contributed by atoms with E-state index in [0.717, 1.165) is 0 Å². The molecule has 0 amide bonds. The Kier molecular flexibility index (Phi) is 1.19. The molecule has 0 atom stereocenters. The van der Waals surface area contributed by atoms with E-state index in [1.165, 1.54) is 0 Å². The zero-order valence-electron chi connectivity index (χ0n) is 7.08. The molecule has 0 bridgehead atoms. The largest absolute Gasteiger partial charge is 0.316 e. The van der Waals surface area contributed by atoms with Crippen LogP contribution in [-0.2, 0) is 0 Å². The van der Waals surface area contributed by atoms with Gasteiger partial charge in [0.2, 0.25) is 0 Å². The Morgan fingerprint density at radius 2 is 1.33 bits per heavy atom. The van der Waals surface area contributed by atoms with E-state index in [2.05, 4.69) is 33.0 Å². The Labute approximate surface area is 57.8 Å². The van der Waals surface area contributed by atoms with Gasteiger partial charge in [0.05, 0.1) is 0 Å². The highest BCUT2D eigenvalue weighted by Gasteiger charge is 2.63. The number of hydrogen-bond acceptors (Lipinski definition) is 1. The maximum absolute atomic E-state index is 3.32. The lowest BCUT2D eigenvalue weighted by atomic mass is 10.0. The highest BCUT2D eigenvalue weighted by Crippen LogP contribution is 2.62. The second kappa shape index (κ2) is 1.51. The van der Waals surface area contributed by atoms with Crippen LogP contribution in [0.25, 0.3) is 0 Å². The van der Waals surface area contributed by atoms with E-state index in [1.807, 2.05) is 7.05 Å². The van der Waals surface area contributed by atoms with Gasteiger partial charge in [0.15, 0.2) is 0 Å². The molecular formula is C8H17N. The monoisotopic (exact) mass is 127 g/mol. The molecule has 1 nitrogen and oxygen atoms in total. The molecule has 0 aromatic heterocycles. The Balaban J connectivity index is 2.66. The van der Waals surface area contributed by atoms with E-state index in [0.29, 0.717) is 16.9 Å². The van der Waals surface area contributed by atoms with Crippen LogP contribution in [-0.4, -0.2) is 13.1 Å². The normalized spacial score (nSPS) is 30.3. The highest BCUT2D eigenvalue weighted by atomic mass is 15.0. The molecule has 9 heavy (non-hydrogen) atoms. The van der Waals surface area contributed by atoms with Crippen LogP contribution >= 0.6 is 0 Å². The van der Waals surface area contributed by atoms with Crippen LogP contribution < -0.4 is 5.32 Å². The van der Waals surface area contributed by atoms with E-state index in [9.17, 15) is 0 Å². The van der Waals surface area contributed by atoms with Gasteiger partial charge in [-0.2, -0.15) is 0 Å². The zero-order chi connectivity index (χ0) is 7.28. The zero-order valence-corrected chi connectivity index (χ0v) is 7.08. The van der Waals surface area contributed by atoms with Crippen LogP contribution in [0.2, 0.25) is 0 Å². The minimum absolute atomic E-state index is 0.502. The van der Waals surface area contributed by atoms with Crippen molar-refractivity contribution >= 4 is 0 Å². The second-order valence-corrected chi connectivity index (χ2v) is 4.17. The van der Waals surface area contributed by atoms with Gasteiger partial charge in [0.25, 0.3) is 0 Å². The third-order valence-corrected chi connectivity index (χ3v) is 3.31. The van der Waals surface area contributed by atoms with Crippen LogP contribution in [0, 0.1) is 10.8 Å². The van der Waals surface area contributed by atoms with Gasteiger partial charge in [-0.15, -0.1) is 0 Å². The minimum atomic E-state index is 0.502. The molecule has 1 rings (SSSR count). The summed E-state index contributed by atoms with van der Waals surface area (Å²) in [6.07, 6.45) is 0. The molecule has 1 saturated carbocycles. The molecule has 0 aromatic rings. The Bertz CT molecular complexity index is 111. The first-order valence-electron chi connectivity index (χ1n) is 3.62. The molecule has 0 heterocycles. The van der Waals surface area contributed by atoms with Crippen molar-refractivity contribution in [1.29, 1.82) is 0 Å². The van der Waals surface area contributed by atoms with Crippen LogP contribution in [0.4, 0.5) is 0 Å². The first-order chi connectivity index (χ1) is 3.94. The van der Waals surface area contributed by atoms with Crippen molar-refractivity contribution in [3.05, 3.63) is 0 Å². The Morgan fingerprint density at radius 3 is 1.33 bits per heavy atom. The van der Waals surface area contributed by atoms with E-state index in [-0.39, 0.29) is 0 Å². The van der Waals surface area contributed by atoms with E-state index < -0.39 is 0 Å². The van der Waals surface area contributed by atoms with Gasteiger partial charge in [0.1, 0.15) is 0 Å². The molecule has 0 saturated heterocycles. The Morgan fingerprint density at radius 1 is 1.00 bits per heavy atom. The molecule has 1 aliphatic carbocycles. The van der Waals surface area contributed by atoms with Crippen LogP contribution in [0.5, 0.6) is 0 Å². The Hall–Kier alpha value is -0.0400. The van der Waals surface area contributed by atoms with Gasteiger partial charge in [0, 0.05) is 6.04 Å². The maximum Gasteiger partial charge on any atom is 0.0178 e. The standard InChI is InChI=1S/C8H17N/c1-7(2)6(9-5)8(7,3)4/h6,9H,1-5H3. The smallest absolute Gasteiger partial charge is 0.0178 e. The van der Waals surface area contributed by atoms with Crippen molar-refractivity contribution in [1.82, 2.24) is 5.32 Å². The lowest BCUT2D eigenvalue weighted by Gasteiger charge is -2.03.